The van der Waals surface area contributed by atoms with Crippen LogP contribution in [0.2, 0.25) is 0 Å². The Morgan fingerprint density at radius 2 is 2.20 bits per heavy atom. The number of aromatic nitrogens is 2. The van der Waals surface area contributed by atoms with E-state index in [1.807, 2.05) is 0 Å². The molecule has 1 heterocycles. The highest BCUT2D eigenvalue weighted by atomic mass is 16.6. The molecule has 1 atom stereocenters. The van der Waals surface area contributed by atoms with Crippen molar-refractivity contribution in [1.29, 1.82) is 0 Å². The summed E-state index contributed by atoms with van der Waals surface area (Å²) in [5, 5.41) is 16.4. The number of likely N-dealkylation sites (N-methyl/N-ethyl adjacent to an activating group) is 1. The van der Waals surface area contributed by atoms with E-state index in [1.165, 1.54) is 7.05 Å². The summed E-state index contributed by atoms with van der Waals surface area (Å²) in [7, 11) is 1.35. The Morgan fingerprint density at radius 1 is 1.60 bits per heavy atom. The third-order valence-corrected chi connectivity index (χ3v) is 2.31. The summed E-state index contributed by atoms with van der Waals surface area (Å²) in [6, 6.07) is 0.0368. The summed E-state index contributed by atoms with van der Waals surface area (Å²) in [4.78, 5) is 33.9. The Kier molecular flexibility index (Phi) is 4.43. The molecule has 110 valence electrons. The number of amides is 1. The maximum Gasteiger partial charge on any atom is 0.410 e. The van der Waals surface area contributed by atoms with E-state index in [9.17, 15) is 19.7 Å². The first-order valence-electron chi connectivity index (χ1n) is 5.76. The second-order valence-corrected chi connectivity index (χ2v) is 5.11. The topological polar surface area (TPSA) is 118 Å². The number of ether oxygens (including phenoxy) is 1. The second kappa shape index (κ2) is 5.68. The molecule has 0 aliphatic carbocycles. The minimum atomic E-state index is -1.06. The molecule has 0 radical (unpaired) electrons. The maximum absolute atomic E-state index is 11.8. The van der Waals surface area contributed by atoms with E-state index in [1.54, 1.807) is 20.8 Å². The van der Waals surface area contributed by atoms with Crippen molar-refractivity contribution in [3.05, 3.63) is 21.9 Å². The van der Waals surface area contributed by atoms with Crippen molar-refractivity contribution < 1.29 is 19.2 Å². The summed E-state index contributed by atoms with van der Waals surface area (Å²) < 4.78 is 5.11. The van der Waals surface area contributed by atoms with E-state index in [0.29, 0.717) is 6.29 Å². The standard InChI is InChI=1S/C11H16N4O5/c1-11(2,3)20-10(17)14(4)8(6-16)7-5-9(13-12-7)15(18)19/h5-6,8H,1-4H3,(H,12,13). The molecular formula is C11H16N4O5. The van der Waals surface area contributed by atoms with Gasteiger partial charge < -0.3 is 19.6 Å². The fourth-order valence-corrected chi connectivity index (χ4v) is 1.38. The molecule has 0 aliphatic heterocycles. The smallest absolute Gasteiger partial charge is 0.410 e. The second-order valence-electron chi connectivity index (χ2n) is 5.11. The van der Waals surface area contributed by atoms with E-state index in [4.69, 9.17) is 4.74 Å². The molecule has 20 heavy (non-hydrogen) atoms. The third kappa shape index (κ3) is 3.77. The van der Waals surface area contributed by atoms with Crippen molar-refractivity contribution in [1.82, 2.24) is 15.1 Å². The fraction of sp³-hybridized carbons (Fsp3) is 0.545. The number of carbonyl (C=O) groups is 2. The lowest BCUT2D eigenvalue weighted by atomic mass is 10.2. The van der Waals surface area contributed by atoms with Crippen LogP contribution in [0.1, 0.15) is 32.5 Å². The van der Waals surface area contributed by atoms with Crippen LogP contribution in [0, 0.1) is 10.1 Å². The van der Waals surface area contributed by atoms with E-state index < -0.39 is 22.7 Å². The number of rotatable bonds is 4. The van der Waals surface area contributed by atoms with Gasteiger partial charge in [-0.25, -0.2) is 4.79 Å². The van der Waals surface area contributed by atoms with Crippen molar-refractivity contribution in [2.45, 2.75) is 32.4 Å². The van der Waals surface area contributed by atoms with E-state index in [0.717, 1.165) is 11.0 Å². The molecule has 0 aromatic carbocycles. The number of hydrogen-bond acceptors (Lipinski definition) is 6. The summed E-state index contributed by atoms with van der Waals surface area (Å²) in [6.07, 6.45) is -0.260. The molecule has 0 bridgehead atoms. The number of hydrogen-bond donors (Lipinski definition) is 1. The summed E-state index contributed by atoms with van der Waals surface area (Å²) >= 11 is 0. The predicted octanol–water partition coefficient (Wildman–Crippen LogP) is 1.42. The minimum absolute atomic E-state index is 0.0695. The Bertz CT molecular complexity index is 519. The minimum Gasteiger partial charge on any atom is -0.444 e. The first-order chi connectivity index (χ1) is 9.15. The molecule has 1 N–H and O–H groups in total. The van der Waals surface area contributed by atoms with Gasteiger partial charge in [0, 0.05) is 7.05 Å². The highest BCUT2D eigenvalue weighted by Gasteiger charge is 2.29. The summed E-state index contributed by atoms with van der Waals surface area (Å²) in [5.41, 5.74) is -0.642. The molecule has 1 unspecified atom stereocenters. The van der Waals surface area contributed by atoms with Crippen molar-refractivity contribution in [2.24, 2.45) is 0 Å². The van der Waals surface area contributed by atoms with Crippen molar-refractivity contribution in [3.63, 3.8) is 0 Å². The van der Waals surface area contributed by atoms with Gasteiger partial charge in [-0.05, 0) is 25.7 Å². The average Bonchev–Trinajstić information content (AvgIpc) is 2.77. The van der Waals surface area contributed by atoms with Gasteiger partial charge in [0.05, 0.1) is 6.07 Å². The fourth-order valence-electron chi connectivity index (χ4n) is 1.38. The van der Waals surface area contributed by atoms with Crippen LogP contribution in [0.5, 0.6) is 0 Å². The molecule has 0 aliphatic rings. The van der Waals surface area contributed by atoms with Gasteiger partial charge in [-0.2, -0.15) is 0 Å². The van der Waals surface area contributed by atoms with Gasteiger partial charge in [0.25, 0.3) is 0 Å². The Labute approximate surface area is 115 Å². The molecule has 1 rings (SSSR count). The zero-order valence-electron chi connectivity index (χ0n) is 11.6. The predicted molar refractivity (Wildman–Crippen MR) is 68.0 cm³/mol. The lowest BCUT2D eigenvalue weighted by Crippen LogP contribution is -2.37. The number of aromatic amines is 1. The number of nitrogens with one attached hydrogen (secondary N) is 1. The number of nitrogens with zero attached hydrogens (tertiary/aromatic N) is 3. The molecule has 0 saturated carbocycles. The van der Waals surface area contributed by atoms with Crippen molar-refractivity contribution in [3.8, 4) is 0 Å². The zero-order chi connectivity index (χ0) is 15.5. The van der Waals surface area contributed by atoms with E-state index in [2.05, 4.69) is 10.2 Å². The Morgan fingerprint density at radius 3 is 2.60 bits per heavy atom. The van der Waals surface area contributed by atoms with Crippen molar-refractivity contribution in [2.75, 3.05) is 7.05 Å². The average molecular weight is 284 g/mol. The van der Waals surface area contributed by atoms with Crippen LogP contribution in [-0.2, 0) is 9.53 Å². The van der Waals surface area contributed by atoms with Crippen LogP contribution in [0.15, 0.2) is 6.07 Å². The van der Waals surface area contributed by atoms with Crippen LogP contribution in [-0.4, -0.2) is 45.0 Å². The first-order valence-corrected chi connectivity index (χ1v) is 5.76. The van der Waals surface area contributed by atoms with Gasteiger partial charge >= 0.3 is 11.9 Å². The van der Waals surface area contributed by atoms with Gasteiger partial charge in [-0.15, -0.1) is 5.10 Å². The third-order valence-electron chi connectivity index (χ3n) is 2.31. The quantitative estimate of drug-likeness (QED) is 0.507. The summed E-state index contributed by atoms with van der Waals surface area (Å²) in [6.45, 7) is 5.07. The molecule has 1 aromatic rings. The molecular weight excluding hydrogens is 268 g/mol. The van der Waals surface area contributed by atoms with Gasteiger partial charge in [-0.1, -0.05) is 5.10 Å². The van der Waals surface area contributed by atoms with E-state index in [-0.39, 0.29) is 11.5 Å². The van der Waals surface area contributed by atoms with Crippen molar-refractivity contribution >= 4 is 18.2 Å². The highest BCUT2D eigenvalue weighted by Crippen LogP contribution is 2.21. The van der Waals surface area contributed by atoms with Crippen LogP contribution < -0.4 is 0 Å². The van der Waals surface area contributed by atoms with Gasteiger partial charge in [0.1, 0.15) is 23.6 Å². The molecule has 9 nitrogen and oxygen atoms in total. The Hall–Kier alpha value is -2.45. The van der Waals surface area contributed by atoms with E-state index >= 15 is 0 Å². The van der Waals surface area contributed by atoms with Crippen LogP contribution in [0.4, 0.5) is 10.6 Å². The molecule has 9 heteroatoms. The summed E-state index contributed by atoms with van der Waals surface area (Å²) in [5.74, 6) is -0.357. The monoisotopic (exact) mass is 284 g/mol. The number of aldehydes is 1. The maximum atomic E-state index is 11.8. The largest absolute Gasteiger partial charge is 0.444 e. The molecule has 0 fully saturated rings. The SMILES string of the molecule is CN(C(=O)OC(C)(C)C)C(C=O)c1cc([N+](=O)[O-])[nH]n1. The lowest BCUT2D eigenvalue weighted by molar-refractivity contribution is -0.389. The van der Waals surface area contributed by atoms with Crippen LogP contribution >= 0.6 is 0 Å². The molecule has 0 spiro atoms. The Balaban J connectivity index is 2.91. The highest BCUT2D eigenvalue weighted by molar-refractivity contribution is 5.74. The van der Waals surface area contributed by atoms with Gasteiger partial charge in [0.2, 0.25) is 0 Å². The molecule has 1 amide bonds. The molecule has 0 saturated heterocycles. The van der Waals surface area contributed by atoms with Crippen LogP contribution in [0.25, 0.3) is 0 Å². The number of nitro groups is 1. The number of H-pyrrole nitrogens is 1. The molecule has 1 aromatic heterocycles. The first kappa shape index (κ1) is 15.6. The number of carbonyl (C=O) groups excluding carboxylic acids is 2. The normalized spacial score (nSPS) is 12.6. The van der Waals surface area contributed by atoms with Crippen LogP contribution in [0.3, 0.4) is 0 Å². The van der Waals surface area contributed by atoms with Gasteiger partial charge in [-0.3, -0.25) is 4.90 Å². The zero-order valence-corrected chi connectivity index (χ0v) is 11.6. The van der Waals surface area contributed by atoms with Gasteiger partial charge in [0.15, 0.2) is 0 Å². The lowest BCUT2D eigenvalue weighted by Gasteiger charge is -2.26.